The van der Waals surface area contributed by atoms with Gasteiger partial charge in [0.05, 0.1) is 18.5 Å². The van der Waals surface area contributed by atoms with Gasteiger partial charge in [0.25, 0.3) is 0 Å². The number of hydrogen-bond donors (Lipinski definition) is 2. The van der Waals surface area contributed by atoms with Crippen molar-refractivity contribution in [3.8, 4) is 5.75 Å². The third-order valence-electron chi connectivity index (χ3n) is 5.07. The summed E-state index contributed by atoms with van der Waals surface area (Å²) in [5.41, 5.74) is 3.08. The number of aromatic amines is 1. The van der Waals surface area contributed by atoms with E-state index in [2.05, 4.69) is 25.4 Å². The van der Waals surface area contributed by atoms with Gasteiger partial charge < -0.3 is 19.7 Å². The molecule has 2 N–H and O–H groups in total. The number of thioether (sulfide) groups is 1. The molecule has 32 heavy (non-hydrogen) atoms. The fourth-order valence-corrected chi connectivity index (χ4v) is 3.96. The molecule has 0 aliphatic carbocycles. The van der Waals surface area contributed by atoms with E-state index in [4.69, 9.17) is 9.47 Å². The van der Waals surface area contributed by atoms with Crippen molar-refractivity contribution >= 4 is 29.0 Å². The number of aryl methyl sites for hydroxylation is 1. The number of benzene rings is 2. The van der Waals surface area contributed by atoms with Crippen molar-refractivity contribution in [1.29, 1.82) is 0 Å². The van der Waals surface area contributed by atoms with Gasteiger partial charge in [-0.05, 0) is 50.2 Å². The number of amides is 1. The van der Waals surface area contributed by atoms with Gasteiger partial charge in [-0.1, -0.05) is 29.5 Å². The van der Waals surface area contributed by atoms with E-state index >= 15 is 0 Å². The molecule has 168 valence electrons. The molecule has 4 rings (SSSR count). The molecule has 1 fully saturated rings. The molecule has 0 saturated carbocycles. The summed E-state index contributed by atoms with van der Waals surface area (Å²) < 4.78 is 11.1. The highest BCUT2D eigenvalue weighted by Crippen LogP contribution is 2.23. The minimum Gasteiger partial charge on any atom is -0.486 e. The van der Waals surface area contributed by atoms with Gasteiger partial charge in [-0.25, -0.2) is 4.98 Å². The van der Waals surface area contributed by atoms with Crippen molar-refractivity contribution < 1.29 is 14.3 Å². The normalized spacial score (nSPS) is 14.8. The van der Waals surface area contributed by atoms with E-state index in [1.54, 1.807) is 0 Å². The number of carbonyl (C=O) groups excluding carboxylic acids is 1. The second-order valence-electron chi connectivity index (χ2n) is 7.56. The maximum Gasteiger partial charge on any atom is 0.237 e. The predicted molar refractivity (Wildman–Crippen MR) is 125 cm³/mol. The number of aromatic nitrogens is 3. The van der Waals surface area contributed by atoms with Crippen LogP contribution in [-0.2, 0) is 16.1 Å². The number of hydrogen-bond acceptors (Lipinski definition) is 7. The molecular weight excluding hydrogens is 426 g/mol. The lowest BCUT2D eigenvalue weighted by Crippen LogP contribution is -2.36. The highest BCUT2D eigenvalue weighted by atomic mass is 32.2. The summed E-state index contributed by atoms with van der Waals surface area (Å²) in [6, 6.07) is 15.7. The van der Waals surface area contributed by atoms with E-state index in [0.29, 0.717) is 11.0 Å². The molecule has 3 aromatic rings. The van der Waals surface area contributed by atoms with Crippen molar-refractivity contribution in [1.82, 2.24) is 15.2 Å². The maximum atomic E-state index is 12.6. The molecule has 8 nitrogen and oxygen atoms in total. The quantitative estimate of drug-likeness (QED) is 0.503. The summed E-state index contributed by atoms with van der Waals surface area (Å²) in [4.78, 5) is 19.3. The average Bonchev–Trinajstić information content (AvgIpc) is 3.27. The Kier molecular flexibility index (Phi) is 7.28. The summed E-state index contributed by atoms with van der Waals surface area (Å²) in [6.07, 6.45) is 0. The van der Waals surface area contributed by atoms with Crippen LogP contribution in [0.4, 0.5) is 11.4 Å². The first-order valence-electron chi connectivity index (χ1n) is 10.6. The van der Waals surface area contributed by atoms with Crippen LogP contribution in [0, 0.1) is 6.92 Å². The molecule has 1 unspecified atom stereocenters. The van der Waals surface area contributed by atoms with Gasteiger partial charge in [0, 0.05) is 24.5 Å². The third kappa shape index (κ3) is 6.02. The van der Waals surface area contributed by atoms with Crippen LogP contribution in [-0.4, -0.2) is 52.6 Å². The van der Waals surface area contributed by atoms with Crippen molar-refractivity contribution in [2.75, 3.05) is 36.5 Å². The third-order valence-corrected chi connectivity index (χ3v) is 6.03. The number of anilines is 2. The van der Waals surface area contributed by atoms with Gasteiger partial charge in [0.15, 0.2) is 5.82 Å². The van der Waals surface area contributed by atoms with Crippen LogP contribution < -0.4 is 15.0 Å². The Bertz CT molecular complexity index is 1020. The van der Waals surface area contributed by atoms with Crippen molar-refractivity contribution in [3.05, 3.63) is 59.9 Å². The van der Waals surface area contributed by atoms with Gasteiger partial charge in [-0.15, -0.1) is 5.10 Å². The molecule has 1 aliphatic heterocycles. The number of nitrogens with zero attached hydrogens (tertiary/aromatic N) is 3. The lowest BCUT2D eigenvalue weighted by molar-refractivity contribution is -0.115. The Balaban J connectivity index is 1.25. The Morgan fingerprint density at radius 1 is 1.19 bits per heavy atom. The Labute approximate surface area is 191 Å². The SMILES string of the molecule is Cc1ccc(OCc2nc(SC(C)C(=O)Nc3ccc(N4CCOCC4)cc3)n[nH]2)cc1. The number of H-pyrrole nitrogens is 1. The molecule has 1 amide bonds. The largest absolute Gasteiger partial charge is 0.486 e. The van der Waals surface area contributed by atoms with Crippen molar-refractivity contribution in [2.24, 2.45) is 0 Å². The zero-order valence-corrected chi connectivity index (χ0v) is 19.0. The standard InChI is InChI=1S/C23H27N5O3S/c1-16-3-9-20(10-4-16)31-15-21-25-23(27-26-21)32-17(2)22(29)24-18-5-7-19(8-6-18)28-11-13-30-14-12-28/h3-10,17H,11-15H2,1-2H3,(H,24,29)(H,25,26,27). The van der Waals surface area contributed by atoms with E-state index in [1.807, 2.05) is 62.4 Å². The van der Waals surface area contributed by atoms with Crippen LogP contribution in [0.1, 0.15) is 18.3 Å². The zero-order chi connectivity index (χ0) is 22.3. The van der Waals surface area contributed by atoms with Gasteiger partial charge in [-0.3, -0.25) is 9.89 Å². The number of morpholine rings is 1. The van der Waals surface area contributed by atoms with Gasteiger partial charge in [0.2, 0.25) is 11.1 Å². The minimum absolute atomic E-state index is 0.101. The second-order valence-corrected chi connectivity index (χ2v) is 8.87. The van der Waals surface area contributed by atoms with E-state index in [1.165, 1.54) is 17.3 Å². The fourth-order valence-electron chi connectivity index (χ4n) is 3.21. The first kappa shape index (κ1) is 22.2. The molecule has 1 atom stereocenters. The first-order chi connectivity index (χ1) is 15.6. The van der Waals surface area contributed by atoms with Crippen LogP contribution in [0.3, 0.4) is 0 Å². The van der Waals surface area contributed by atoms with Gasteiger partial charge in [-0.2, -0.15) is 0 Å². The molecule has 2 aromatic carbocycles. The topological polar surface area (TPSA) is 92.4 Å². The Hall–Kier alpha value is -3.04. The molecule has 0 radical (unpaired) electrons. The molecule has 0 bridgehead atoms. The lowest BCUT2D eigenvalue weighted by atomic mass is 10.2. The van der Waals surface area contributed by atoms with Crippen molar-refractivity contribution in [2.45, 2.75) is 30.9 Å². The van der Waals surface area contributed by atoms with E-state index in [-0.39, 0.29) is 17.8 Å². The fraction of sp³-hybridized carbons (Fsp3) is 0.348. The number of carbonyl (C=O) groups is 1. The van der Waals surface area contributed by atoms with Gasteiger partial charge in [0.1, 0.15) is 12.4 Å². The zero-order valence-electron chi connectivity index (χ0n) is 18.2. The Morgan fingerprint density at radius 3 is 2.62 bits per heavy atom. The number of rotatable bonds is 8. The molecule has 1 saturated heterocycles. The van der Waals surface area contributed by atoms with E-state index < -0.39 is 0 Å². The van der Waals surface area contributed by atoms with Crippen LogP contribution >= 0.6 is 11.8 Å². The summed E-state index contributed by atoms with van der Waals surface area (Å²) in [5.74, 6) is 1.28. The second kappa shape index (κ2) is 10.5. The molecule has 9 heteroatoms. The molecule has 0 spiro atoms. The maximum absolute atomic E-state index is 12.6. The molecule has 1 aliphatic rings. The summed E-state index contributed by atoms with van der Waals surface area (Å²) >= 11 is 1.30. The molecule has 2 heterocycles. The highest BCUT2D eigenvalue weighted by Gasteiger charge is 2.18. The molecular formula is C23H27N5O3S. The predicted octanol–water partition coefficient (Wildman–Crippen LogP) is 3.65. The summed E-state index contributed by atoms with van der Waals surface area (Å²) in [5, 5.41) is 10.2. The van der Waals surface area contributed by atoms with E-state index in [9.17, 15) is 4.79 Å². The average molecular weight is 454 g/mol. The smallest absolute Gasteiger partial charge is 0.237 e. The Morgan fingerprint density at radius 2 is 1.91 bits per heavy atom. The first-order valence-corrected chi connectivity index (χ1v) is 11.5. The minimum atomic E-state index is -0.351. The number of nitrogens with one attached hydrogen (secondary N) is 2. The van der Waals surface area contributed by atoms with Crippen LogP contribution in [0.2, 0.25) is 0 Å². The highest BCUT2D eigenvalue weighted by molar-refractivity contribution is 8.00. The van der Waals surface area contributed by atoms with Crippen LogP contribution in [0.5, 0.6) is 5.75 Å². The summed E-state index contributed by atoms with van der Waals surface area (Å²) in [7, 11) is 0. The van der Waals surface area contributed by atoms with Crippen LogP contribution in [0.15, 0.2) is 53.7 Å². The van der Waals surface area contributed by atoms with Gasteiger partial charge >= 0.3 is 0 Å². The molecule has 1 aromatic heterocycles. The monoisotopic (exact) mass is 453 g/mol. The lowest BCUT2D eigenvalue weighted by Gasteiger charge is -2.28. The summed E-state index contributed by atoms with van der Waals surface area (Å²) in [6.45, 7) is 7.40. The van der Waals surface area contributed by atoms with Crippen molar-refractivity contribution in [3.63, 3.8) is 0 Å². The van der Waals surface area contributed by atoms with E-state index in [0.717, 1.165) is 43.4 Å². The number of ether oxygens (including phenoxy) is 2. The van der Waals surface area contributed by atoms with Crippen LogP contribution in [0.25, 0.3) is 0 Å².